The second kappa shape index (κ2) is 8.68. The van der Waals surface area contributed by atoms with E-state index in [4.69, 9.17) is 4.74 Å². The predicted molar refractivity (Wildman–Crippen MR) is 118 cm³/mol. The molecule has 4 rings (SSSR count). The van der Waals surface area contributed by atoms with E-state index < -0.39 is 11.9 Å². The van der Waals surface area contributed by atoms with Gasteiger partial charge in [0.25, 0.3) is 5.91 Å². The molecule has 2 aliphatic heterocycles. The van der Waals surface area contributed by atoms with Crippen molar-refractivity contribution in [3.05, 3.63) is 63.9 Å². The lowest BCUT2D eigenvalue weighted by Crippen LogP contribution is -2.61. The van der Waals surface area contributed by atoms with E-state index in [1.807, 2.05) is 32.0 Å². The molecule has 1 spiro atoms. The average molecular weight is 491 g/mol. The lowest BCUT2D eigenvalue weighted by Gasteiger charge is -2.42. The Kier molecular flexibility index (Phi) is 6.14. The van der Waals surface area contributed by atoms with Crippen molar-refractivity contribution in [1.29, 1.82) is 0 Å². The number of quaternary nitrogens is 1. The Morgan fingerprint density at radius 2 is 1.94 bits per heavy atom. The van der Waals surface area contributed by atoms with Crippen LogP contribution in [0.15, 0.2) is 46.9 Å². The van der Waals surface area contributed by atoms with Crippen LogP contribution in [0.25, 0.3) is 0 Å². The molecule has 2 aromatic rings. The van der Waals surface area contributed by atoms with Crippen LogP contribution in [-0.2, 0) is 11.3 Å². The van der Waals surface area contributed by atoms with Crippen LogP contribution in [0.2, 0.25) is 0 Å². The van der Waals surface area contributed by atoms with Crippen LogP contribution in [0.1, 0.15) is 31.0 Å². The monoisotopic (exact) mass is 490 g/mol. The topological polar surface area (TPSA) is 58.6 Å². The van der Waals surface area contributed by atoms with Crippen molar-refractivity contribution in [2.45, 2.75) is 32.5 Å². The Morgan fingerprint density at radius 1 is 1.19 bits per heavy atom. The Hall–Kier alpha value is -2.29. The van der Waals surface area contributed by atoms with Crippen LogP contribution >= 0.6 is 15.9 Å². The maximum Gasteiger partial charge on any atom is 0.424 e. The van der Waals surface area contributed by atoms with E-state index in [2.05, 4.69) is 32.2 Å². The van der Waals surface area contributed by atoms with Gasteiger partial charge in [0.15, 0.2) is 0 Å². The van der Waals surface area contributed by atoms with Crippen LogP contribution in [0.5, 0.6) is 5.75 Å². The molecule has 31 heavy (non-hydrogen) atoms. The van der Waals surface area contributed by atoms with Gasteiger partial charge in [0, 0.05) is 29.7 Å². The molecule has 2 aliphatic rings. The SMILES string of the molecule is CC(C)Oc1cccc(CN2CC[N+]3(CC2)C(=O)NC(=O)C3c2cc(F)ccc2Br)c1. The third-order valence-corrected chi connectivity index (χ3v) is 6.66. The molecule has 3 amide bonds. The molecule has 8 heteroatoms. The van der Waals surface area contributed by atoms with E-state index in [0.29, 0.717) is 36.2 Å². The van der Waals surface area contributed by atoms with Gasteiger partial charge in [-0.25, -0.2) is 19.0 Å². The third kappa shape index (κ3) is 4.37. The second-order valence-electron chi connectivity index (χ2n) is 8.43. The van der Waals surface area contributed by atoms with Gasteiger partial charge in [0.05, 0.1) is 6.10 Å². The molecule has 1 atom stereocenters. The summed E-state index contributed by atoms with van der Waals surface area (Å²) in [5, 5.41) is 2.48. The highest BCUT2D eigenvalue weighted by molar-refractivity contribution is 9.10. The minimum absolute atomic E-state index is 0.0200. The number of piperazine rings is 1. The molecule has 0 aromatic heterocycles. The summed E-state index contributed by atoms with van der Waals surface area (Å²) in [5.41, 5.74) is 1.65. The molecule has 0 bridgehead atoms. The molecule has 1 unspecified atom stereocenters. The maximum atomic E-state index is 13.9. The number of nitrogens with one attached hydrogen (secondary N) is 1. The van der Waals surface area contributed by atoms with Crippen LogP contribution < -0.4 is 10.1 Å². The van der Waals surface area contributed by atoms with Gasteiger partial charge in [-0.3, -0.25) is 9.69 Å². The molecule has 1 N–H and O–H groups in total. The minimum Gasteiger partial charge on any atom is -0.491 e. The van der Waals surface area contributed by atoms with Gasteiger partial charge in [-0.15, -0.1) is 0 Å². The largest absolute Gasteiger partial charge is 0.491 e. The number of carbonyl (C=O) groups is 2. The molecule has 0 saturated carbocycles. The second-order valence-corrected chi connectivity index (χ2v) is 9.29. The van der Waals surface area contributed by atoms with Crippen molar-refractivity contribution in [2.24, 2.45) is 0 Å². The zero-order valence-corrected chi connectivity index (χ0v) is 19.2. The fraction of sp³-hybridized carbons (Fsp3) is 0.391. The molecular formula is C23H26BrFN3O3+. The predicted octanol–water partition coefficient (Wildman–Crippen LogP) is 4.00. The van der Waals surface area contributed by atoms with Crippen molar-refractivity contribution in [3.63, 3.8) is 0 Å². The Balaban J connectivity index is 1.51. The Morgan fingerprint density at radius 3 is 2.65 bits per heavy atom. The minimum atomic E-state index is -0.748. The van der Waals surface area contributed by atoms with E-state index in [1.54, 1.807) is 6.07 Å². The van der Waals surface area contributed by atoms with Crippen molar-refractivity contribution >= 4 is 27.9 Å². The summed E-state index contributed by atoms with van der Waals surface area (Å²) in [6.07, 6.45) is 0.111. The summed E-state index contributed by atoms with van der Waals surface area (Å²) in [6, 6.07) is 11.2. The van der Waals surface area contributed by atoms with Gasteiger partial charge in [0.2, 0.25) is 6.04 Å². The molecule has 2 fully saturated rings. The first-order valence-corrected chi connectivity index (χ1v) is 11.2. The Bertz CT molecular complexity index is 1010. The summed E-state index contributed by atoms with van der Waals surface area (Å²) in [4.78, 5) is 27.8. The number of ether oxygens (including phenoxy) is 1. The number of halogens is 2. The Labute approximate surface area is 189 Å². The molecule has 6 nitrogen and oxygen atoms in total. The first-order chi connectivity index (χ1) is 14.8. The normalized spacial score (nSPS) is 21.0. The fourth-order valence-electron chi connectivity index (χ4n) is 4.49. The van der Waals surface area contributed by atoms with Gasteiger partial charge in [-0.1, -0.05) is 28.1 Å². The number of benzene rings is 2. The molecule has 2 saturated heterocycles. The summed E-state index contributed by atoms with van der Waals surface area (Å²) in [6.45, 7) is 6.99. The smallest absolute Gasteiger partial charge is 0.424 e. The van der Waals surface area contributed by atoms with Crippen LogP contribution in [0.4, 0.5) is 9.18 Å². The van der Waals surface area contributed by atoms with Crippen molar-refractivity contribution in [3.8, 4) is 5.75 Å². The van der Waals surface area contributed by atoms with E-state index >= 15 is 0 Å². The van der Waals surface area contributed by atoms with Crippen LogP contribution in [-0.4, -0.2) is 53.6 Å². The van der Waals surface area contributed by atoms with E-state index in [9.17, 15) is 14.0 Å². The molecule has 2 heterocycles. The maximum absolute atomic E-state index is 13.9. The third-order valence-electron chi connectivity index (χ3n) is 5.94. The fourth-order valence-corrected chi connectivity index (χ4v) is 4.95. The number of imide groups is 1. The van der Waals surface area contributed by atoms with Gasteiger partial charge >= 0.3 is 6.03 Å². The highest BCUT2D eigenvalue weighted by atomic mass is 79.9. The van der Waals surface area contributed by atoms with Gasteiger partial charge in [-0.2, -0.15) is 0 Å². The van der Waals surface area contributed by atoms with Gasteiger partial charge < -0.3 is 4.74 Å². The van der Waals surface area contributed by atoms with Gasteiger partial charge in [-0.05, 0) is 49.7 Å². The number of hydrogen-bond acceptors (Lipinski definition) is 4. The zero-order valence-electron chi connectivity index (χ0n) is 17.6. The summed E-state index contributed by atoms with van der Waals surface area (Å²) >= 11 is 3.43. The lowest BCUT2D eigenvalue weighted by molar-refractivity contribution is -0.870. The number of carbonyl (C=O) groups excluding carboxylic acids is 2. The lowest BCUT2D eigenvalue weighted by atomic mass is 10.0. The highest BCUT2D eigenvalue weighted by Gasteiger charge is 2.57. The highest BCUT2D eigenvalue weighted by Crippen LogP contribution is 2.39. The standard InChI is InChI=1S/C23H25BrFN3O3/c1-15(2)31-18-5-3-4-16(12-18)14-27-8-10-28(11-9-27)21(22(29)26-23(28)30)19-13-17(25)6-7-20(19)24/h3-7,12-13,15,21H,8-11,14H2,1-2H3/p+1. The summed E-state index contributed by atoms with van der Waals surface area (Å²) in [5.74, 6) is 0.0439. The molecule has 0 radical (unpaired) electrons. The zero-order chi connectivity index (χ0) is 22.2. The van der Waals surface area contributed by atoms with Crippen molar-refractivity contribution in [1.82, 2.24) is 10.2 Å². The van der Waals surface area contributed by atoms with Crippen LogP contribution in [0.3, 0.4) is 0 Å². The quantitative estimate of drug-likeness (QED) is 0.508. The first kappa shape index (κ1) is 21.9. The molecular weight excluding hydrogens is 465 g/mol. The van der Waals surface area contributed by atoms with Gasteiger partial charge in [0.1, 0.15) is 24.7 Å². The number of amides is 3. The van der Waals surface area contributed by atoms with E-state index in [1.165, 1.54) is 12.1 Å². The van der Waals surface area contributed by atoms with E-state index in [0.717, 1.165) is 17.9 Å². The number of rotatable bonds is 5. The molecule has 2 aromatic carbocycles. The average Bonchev–Trinajstić information content (AvgIpc) is 2.95. The van der Waals surface area contributed by atoms with Crippen molar-refractivity contribution in [2.75, 3.05) is 26.2 Å². The van der Waals surface area contributed by atoms with E-state index in [-0.39, 0.29) is 22.5 Å². The first-order valence-electron chi connectivity index (χ1n) is 10.4. The molecule has 164 valence electrons. The van der Waals surface area contributed by atoms with Crippen LogP contribution in [0, 0.1) is 5.82 Å². The summed E-state index contributed by atoms with van der Waals surface area (Å²) in [7, 11) is 0. The molecule has 0 aliphatic carbocycles. The number of nitrogens with zero attached hydrogens (tertiary/aromatic N) is 2. The number of hydrogen-bond donors (Lipinski definition) is 1. The number of urea groups is 1. The van der Waals surface area contributed by atoms with Crippen molar-refractivity contribution < 1.29 is 23.2 Å². The summed E-state index contributed by atoms with van der Waals surface area (Å²) < 4.78 is 20.3.